The summed E-state index contributed by atoms with van der Waals surface area (Å²) in [4.78, 5) is 29.7. The Balaban J connectivity index is 1.49. The molecule has 2 atom stereocenters. The van der Waals surface area contributed by atoms with E-state index in [1.54, 1.807) is 6.07 Å². The molecule has 1 amide bonds. The Morgan fingerprint density at radius 1 is 1.07 bits per heavy atom. The van der Waals surface area contributed by atoms with E-state index >= 15 is 0 Å². The molecular formula is C28H30F2N4O6S. The number of hydrogen-bond donors (Lipinski definition) is 1. The number of aromatic nitrogens is 1. The number of sulfonamides is 1. The van der Waals surface area contributed by atoms with Crippen LogP contribution >= 0.6 is 0 Å². The van der Waals surface area contributed by atoms with Crippen molar-refractivity contribution in [2.75, 3.05) is 27.2 Å². The number of ether oxygens (including phenoxy) is 2. The lowest BCUT2D eigenvalue weighted by molar-refractivity contribution is -0.159. The zero-order valence-corrected chi connectivity index (χ0v) is 23.5. The third-order valence-electron chi connectivity index (χ3n) is 6.56. The van der Waals surface area contributed by atoms with Gasteiger partial charge in [0.05, 0.1) is 29.9 Å². The Morgan fingerprint density at radius 2 is 1.73 bits per heavy atom. The molecule has 0 aliphatic carbocycles. The van der Waals surface area contributed by atoms with Gasteiger partial charge in [-0.2, -0.15) is 4.31 Å². The molecule has 0 spiro atoms. The van der Waals surface area contributed by atoms with Crippen LogP contribution < -0.4 is 10.5 Å². The van der Waals surface area contributed by atoms with E-state index in [0.717, 1.165) is 6.20 Å². The summed E-state index contributed by atoms with van der Waals surface area (Å²) in [6, 6.07) is 12.7. The number of halogens is 2. The zero-order chi connectivity index (χ0) is 29.9. The number of carbonyl (C=O) groups excluding carboxylic acids is 2. The van der Waals surface area contributed by atoms with Gasteiger partial charge in [0.1, 0.15) is 23.4 Å². The minimum Gasteiger partial charge on any atom is -0.478 e. The fourth-order valence-electron chi connectivity index (χ4n) is 4.34. The standard InChI is InChI=1S/C28H30F2N4O6S/c1-18(26(35)33(2)3)39-27(36)24(31)14-19-5-4-6-23(13-19)41(37,38)34-16-28(17-34,25-12-9-21(30)15-32-25)40-22-10-7-20(29)8-11-22/h4-13,15,18,24H,14,16-17,31H2,1-3H3/t18?,24-/m0/s1. The summed E-state index contributed by atoms with van der Waals surface area (Å²) in [6.07, 6.45) is -0.0334. The van der Waals surface area contributed by atoms with E-state index in [1.165, 1.54) is 84.8 Å². The molecule has 1 aliphatic heterocycles. The maximum Gasteiger partial charge on any atom is 0.324 e. The lowest BCUT2D eigenvalue weighted by atomic mass is 9.91. The molecule has 2 heterocycles. The van der Waals surface area contributed by atoms with Gasteiger partial charge in [-0.15, -0.1) is 0 Å². The fourth-order valence-corrected chi connectivity index (χ4v) is 5.95. The molecule has 4 rings (SSSR count). The van der Waals surface area contributed by atoms with Crippen molar-refractivity contribution in [3.05, 3.63) is 89.8 Å². The van der Waals surface area contributed by atoms with Gasteiger partial charge in [0.25, 0.3) is 5.91 Å². The van der Waals surface area contributed by atoms with Crippen LogP contribution in [0.15, 0.2) is 71.8 Å². The highest BCUT2D eigenvalue weighted by atomic mass is 32.2. The molecular weight excluding hydrogens is 558 g/mol. The van der Waals surface area contributed by atoms with Crippen molar-refractivity contribution >= 4 is 21.9 Å². The number of carbonyl (C=O) groups is 2. The molecule has 1 aromatic heterocycles. The SMILES string of the molecule is CC(OC(=O)[C@@H](N)Cc1cccc(S(=O)(=O)N2CC(Oc3ccc(F)cc3)(c3ccc(F)cn3)C2)c1)C(=O)N(C)C. The van der Waals surface area contributed by atoms with Crippen molar-refractivity contribution < 1.29 is 36.3 Å². The second kappa shape index (κ2) is 11.9. The Morgan fingerprint density at radius 3 is 2.34 bits per heavy atom. The first kappa shape index (κ1) is 30.0. The Bertz CT molecular complexity index is 1510. The van der Waals surface area contributed by atoms with Crippen LogP contribution in [0, 0.1) is 11.6 Å². The molecule has 1 fully saturated rings. The number of esters is 1. The van der Waals surface area contributed by atoms with E-state index < -0.39 is 51.3 Å². The molecule has 10 nitrogen and oxygen atoms in total. The number of likely N-dealkylation sites (N-methyl/N-ethyl adjacent to an activating group) is 1. The van der Waals surface area contributed by atoms with Crippen LogP contribution in [0.3, 0.4) is 0 Å². The summed E-state index contributed by atoms with van der Waals surface area (Å²) in [7, 11) is -0.955. The first-order valence-corrected chi connectivity index (χ1v) is 14.1. The highest BCUT2D eigenvalue weighted by molar-refractivity contribution is 7.89. The minimum absolute atomic E-state index is 0.0256. The number of amides is 1. The fraction of sp³-hybridized carbons (Fsp3) is 0.321. The van der Waals surface area contributed by atoms with Gasteiger partial charge < -0.3 is 20.1 Å². The van der Waals surface area contributed by atoms with Crippen LogP contribution in [0.2, 0.25) is 0 Å². The van der Waals surface area contributed by atoms with Crippen LogP contribution in [0.1, 0.15) is 18.2 Å². The molecule has 41 heavy (non-hydrogen) atoms. The maximum atomic E-state index is 13.6. The summed E-state index contributed by atoms with van der Waals surface area (Å²) >= 11 is 0. The highest BCUT2D eigenvalue weighted by Crippen LogP contribution is 2.39. The number of nitrogens with zero attached hydrogens (tertiary/aromatic N) is 3. The van der Waals surface area contributed by atoms with Gasteiger partial charge in [-0.25, -0.2) is 17.2 Å². The third-order valence-corrected chi connectivity index (χ3v) is 8.35. The highest BCUT2D eigenvalue weighted by Gasteiger charge is 2.53. The average molecular weight is 589 g/mol. The summed E-state index contributed by atoms with van der Waals surface area (Å²) in [5, 5.41) is 0. The lowest BCUT2D eigenvalue weighted by Crippen LogP contribution is -2.64. The monoisotopic (exact) mass is 588 g/mol. The van der Waals surface area contributed by atoms with Crippen LogP contribution in [-0.4, -0.2) is 73.8 Å². The molecule has 1 unspecified atom stereocenters. The van der Waals surface area contributed by atoms with E-state index in [2.05, 4.69) is 4.98 Å². The number of benzene rings is 2. The molecule has 218 valence electrons. The number of hydrogen-bond acceptors (Lipinski definition) is 8. The van der Waals surface area contributed by atoms with Crippen LogP contribution in [0.4, 0.5) is 8.78 Å². The molecule has 0 radical (unpaired) electrons. The van der Waals surface area contributed by atoms with Crippen molar-refractivity contribution in [1.82, 2.24) is 14.2 Å². The van der Waals surface area contributed by atoms with Crippen molar-refractivity contribution in [3.8, 4) is 5.75 Å². The Kier molecular flexibility index (Phi) is 8.71. The summed E-state index contributed by atoms with van der Waals surface area (Å²) in [6.45, 7) is 1.16. The smallest absolute Gasteiger partial charge is 0.324 e. The van der Waals surface area contributed by atoms with Crippen molar-refractivity contribution in [1.29, 1.82) is 0 Å². The topological polar surface area (TPSA) is 132 Å². The molecule has 2 N–H and O–H groups in total. The molecule has 3 aromatic rings. The van der Waals surface area contributed by atoms with Crippen molar-refractivity contribution in [3.63, 3.8) is 0 Å². The van der Waals surface area contributed by atoms with Gasteiger partial charge in [0.15, 0.2) is 11.7 Å². The van der Waals surface area contributed by atoms with Gasteiger partial charge in [0, 0.05) is 14.1 Å². The maximum absolute atomic E-state index is 13.6. The summed E-state index contributed by atoms with van der Waals surface area (Å²) in [5.74, 6) is -1.93. The van der Waals surface area contributed by atoms with Gasteiger partial charge >= 0.3 is 5.97 Å². The molecule has 0 saturated carbocycles. The summed E-state index contributed by atoms with van der Waals surface area (Å²) in [5.41, 5.74) is 5.54. The molecule has 1 saturated heterocycles. The van der Waals surface area contributed by atoms with E-state index in [-0.39, 0.29) is 24.4 Å². The molecule has 1 aliphatic rings. The van der Waals surface area contributed by atoms with E-state index in [9.17, 15) is 26.8 Å². The van der Waals surface area contributed by atoms with Crippen LogP contribution in [0.5, 0.6) is 5.75 Å². The minimum atomic E-state index is -4.02. The quantitative estimate of drug-likeness (QED) is 0.357. The van der Waals surface area contributed by atoms with Crippen LogP contribution in [-0.2, 0) is 36.4 Å². The Hall–Kier alpha value is -3.94. The normalized spacial score (nSPS) is 16.2. The van der Waals surface area contributed by atoms with Crippen molar-refractivity contribution in [2.45, 2.75) is 36.0 Å². The lowest BCUT2D eigenvalue weighted by Gasteiger charge is -2.48. The summed E-state index contributed by atoms with van der Waals surface area (Å²) < 4.78 is 66.4. The molecule has 2 aromatic carbocycles. The molecule has 13 heteroatoms. The average Bonchev–Trinajstić information content (AvgIpc) is 2.91. The Labute approximate surface area is 236 Å². The first-order valence-electron chi connectivity index (χ1n) is 12.6. The van der Waals surface area contributed by atoms with E-state index in [4.69, 9.17) is 15.2 Å². The second-order valence-electron chi connectivity index (χ2n) is 9.95. The number of rotatable bonds is 10. The van der Waals surface area contributed by atoms with Gasteiger partial charge in [-0.05, 0) is 67.4 Å². The van der Waals surface area contributed by atoms with E-state index in [1.807, 2.05) is 0 Å². The molecule has 0 bridgehead atoms. The van der Waals surface area contributed by atoms with Gasteiger partial charge in [0.2, 0.25) is 10.0 Å². The third kappa shape index (κ3) is 6.69. The van der Waals surface area contributed by atoms with Crippen molar-refractivity contribution in [2.24, 2.45) is 5.73 Å². The second-order valence-corrected chi connectivity index (χ2v) is 11.9. The zero-order valence-electron chi connectivity index (χ0n) is 22.7. The largest absolute Gasteiger partial charge is 0.478 e. The van der Waals surface area contributed by atoms with E-state index in [0.29, 0.717) is 17.0 Å². The predicted molar refractivity (Wildman–Crippen MR) is 144 cm³/mol. The number of nitrogens with two attached hydrogens (primary N) is 1. The van der Waals surface area contributed by atoms with Gasteiger partial charge in [-0.3, -0.25) is 14.6 Å². The van der Waals surface area contributed by atoms with Crippen LogP contribution in [0.25, 0.3) is 0 Å². The number of pyridine rings is 1. The van der Waals surface area contributed by atoms with Gasteiger partial charge in [-0.1, -0.05) is 12.1 Å². The predicted octanol–water partition coefficient (Wildman–Crippen LogP) is 2.23. The first-order chi connectivity index (χ1) is 19.3.